The highest BCUT2D eigenvalue weighted by Crippen LogP contribution is 2.26. The van der Waals surface area contributed by atoms with Crippen LogP contribution in [0.3, 0.4) is 0 Å². The van der Waals surface area contributed by atoms with Crippen LogP contribution in [0.4, 0.5) is 4.39 Å². The molecule has 0 aliphatic heterocycles. The van der Waals surface area contributed by atoms with E-state index in [9.17, 15) is 14.0 Å². The molecule has 4 aromatic rings. The first-order chi connectivity index (χ1) is 15.9. The van der Waals surface area contributed by atoms with Crippen LogP contribution in [-0.4, -0.2) is 27.6 Å². The predicted octanol–water partition coefficient (Wildman–Crippen LogP) is 4.93. The lowest BCUT2D eigenvalue weighted by Crippen LogP contribution is -2.25. The molecule has 0 unspecified atom stereocenters. The summed E-state index contributed by atoms with van der Waals surface area (Å²) in [5, 5.41) is 0.937. The molecule has 0 aliphatic rings. The molecule has 0 amide bonds. The molecule has 0 bridgehead atoms. The molecule has 0 atom stereocenters. The molecule has 4 rings (SSSR count). The third-order valence-electron chi connectivity index (χ3n) is 4.90. The fourth-order valence-electron chi connectivity index (χ4n) is 3.33. The van der Waals surface area contributed by atoms with Crippen LogP contribution < -0.4 is 5.56 Å². The number of oxazole rings is 1. The Bertz CT molecular complexity index is 1360. The Hall–Kier alpha value is -3.46. The molecule has 7 nitrogen and oxygen atoms in total. The Kier molecular flexibility index (Phi) is 6.60. The zero-order chi connectivity index (χ0) is 23.5. The molecule has 9 heteroatoms. The van der Waals surface area contributed by atoms with Gasteiger partial charge in [-0.2, -0.15) is 0 Å². The van der Waals surface area contributed by atoms with Gasteiger partial charge >= 0.3 is 5.97 Å². The number of thioether (sulfide) groups is 1. The molecule has 0 radical (unpaired) electrons. The third-order valence-corrected chi connectivity index (χ3v) is 5.86. The Labute approximate surface area is 193 Å². The molecule has 170 valence electrons. The SMILES string of the molecule is COC(=O)c1ccc2c(=O)n(CC(C)C)c(SCc3ncc(-c4ccc(F)cc4)o3)nc2c1. The smallest absolute Gasteiger partial charge is 0.337 e. The quantitative estimate of drug-likeness (QED) is 0.216. The minimum Gasteiger partial charge on any atom is -0.465 e. The van der Waals surface area contributed by atoms with E-state index in [-0.39, 0.29) is 17.3 Å². The van der Waals surface area contributed by atoms with Gasteiger partial charge in [-0.05, 0) is 48.4 Å². The minimum absolute atomic E-state index is 0.174. The Morgan fingerprint density at radius 3 is 2.67 bits per heavy atom. The van der Waals surface area contributed by atoms with Gasteiger partial charge in [0.25, 0.3) is 5.56 Å². The zero-order valence-electron chi connectivity index (χ0n) is 18.4. The van der Waals surface area contributed by atoms with Crippen molar-refractivity contribution in [1.29, 1.82) is 0 Å². The van der Waals surface area contributed by atoms with Gasteiger partial charge < -0.3 is 9.15 Å². The van der Waals surface area contributed by atoms with E-state index in [2.05, 4.69) is 9.97 Å². The monoisotopic (exact) mass is 467 g/mol. The van der Waals surface area contributed by atoms with Crippen molar-refractivity contribution in [3.05, 3.63) is 76.3 Å². The van der Waals surface area contributed by atoms with Crippen LogP contribution in [0.2, 0.25) is 0 Å². The van der Waals surface area contributed by atoms with Crippen LogP contribution >= 0.6 is 11.8 Å². The number of hydrogen-bond donors (Lipinski definition) is 0. The van der Waals surface area contributed by atoms with Crippen LogP contribution in [0, 0.1) is 11.7 Å². The lowest BCUT2D eigenvalue weighted by atomic mass is 10.1. The molecule has 0 saturated heterocycles. The van der Waals surface area contributed by atoms with Crippen LogP contribution in [0.1, 0.15) is 30.1 Å². The highest BCUT2D eigenvalue weighted by atomic mass is 32.2. The van der Waals surface area contributed by atoms with Gasteiger partial charge in [0.05, 0.1) is 35.5 Å². The minimum atomic E-state index is -0.493. The summed E-state index contributed by atoms with van der Waals surface area (Å²) in [6, 6.07) is 10.7. The van der Waals surface area contributed by atoms with E-state index >= 15 is 0 Å². The number of rotatable bonds is 7. The van der Waals surface area contributed by atoms with Crippen LogP contribution in [0.25, 0.3) is 22.2 Å². The normalized spacial score (nSPS) is 11.3. The number of carbonyl (C=O) groups is 1. The first kappa shape index (κ1) is 22.7. The van der Waals surface area contributed by atoms with Gasteiger partial charge in [0.15, 0.2) is 10.9 Å². The van der Waals surface area contributed by atoms with Crippen LogP contribution in [0.5, 0.6) is 0 Å². The zero-order valence-corrected chi connectivity index (χ0v) is 19.2. The number of halogens is 1. The second kappa shape index (κ2) is 9.58. The number of hydrogen-bond acceptors (Lipinski definition) is 7. The molecule has 0 N–H and O–H groups in total. The van der Waals surface area contributed by atoms with E-state index in [4.69, 9.17) is 9.15 Å². The van der Waals surface area contributed by atoms with Crippen molar-refractivity contribution in [3.63, 3.8) is 0 Å². The fraction of sp³-hybridized carbons (Fsp3) is 0.250. The standard InChI is InChI=1S/C24H22FN3O4S/c1-14(2)12-28-22(29)18-9-6-16(23(30)31-3)10-19(18)27-24(28)33-13-21-26-11-20(32-21)15-4-7-17(25)8-5-15/h4-11,14H,12-13H2,1-3H3. The number of methoxy groups -OCH3 is 1. The molecule has 0 saturated carbocycles. The maximum Gasteiger partial charge on any atom is 0.337 e. The summed E-state index contributed by atoms with van der Waals surface area (Å²) in [6.45, 7) is 4.54. The summed E-state index contributed by atoms with van der Waals surface area (Å²) < 4.78 is 25.4. The van der Waals surface area contributed by atoms with Crippen molar-refractivity contribution in [2.75, 3.05) is 7.11 Å². The highest BCUT2D eigenvalue weighted by molar-refractivity contribution is 7.98. The molecular weight excluding hydrogens is 445 g/mol. The second-order valence-corrected chi connectivity index (χ2v) is 8.78. The average molecular weight is 468 g/mol. The maximum atomic E-state index is 13.2. The van der Waals surface area contributed by atoms with Gasteiger partial charge in [-0.1, -0.05) is 25.6 Å². The summed E-state index contributed by atoms with van der Waals surface area (Å²) in [5.74, 6) is 0.727. The van der Waals surface area contributed by atoms with Crippen molar-refractivity contribution in [3.8, 4) is 11.3 Å². The number of esters is 1. The third kappa shape index (κ3) is 4.98. The largest absolute Gasteiger partial charge is 0.465 e. The summed E-state index contributed by atoms with van der Waals surface area (Å²) in [7, 11) is 1.30. The summed E-state index contributed by atoms with van der Waals surface area (Å²) in [5.41, 5.74) is 1.29. The van der Waals surface area contributed by atoms with Gasteiger partial charge in [-0.15, -0.1) is 0 Å². The molecular formula is C24H22FN3O4S. The van der Waals surface area contributed by atoms with Crippen LogP contribution in [-0.2, 0) is 17.0 Å². The summed E-state index contributed by atoms with van der Waals surface area (Å²) in [6.07, 6.45) is 1.58. The van der Waals surface area contributed by atoms with Crippen LogP contribution in [0.15, 0.2) is 63.0 Å². The van der Waals surface area contributed by atoms with Crippen molar-refractivity contribution < 1.29 is 18.3 Å². The number of ether oxygens (including phenoxy) is 1. The van der Waals surface area contributed by atoms with Gasteiger partial charge in [-0.25, -0.2) is 19.2 Å². The van der Waals surface area contributed by atoms with E-state index in [0.717, 1.165) is 5.56 Å². The first-order valence-electron chi connectivity index (χ1n) is 10.3. The number of carbonyl (C=O) groups excluding carboxylic acids is 1. The van der Waals surface area contributed by atoms with E-state index in [1.165, 1.54) is 31.0 Å². The maximum absolute atomic E-state index is 13.2. The van der Waals surface area contributed by atoms with Crippen molar-refractivity contribution >= 4 is 28.6 Å². The highest BCUT2D eigenvalue weighted by Gasteiger charge is 2.16. The first-order valence-corrected chi connectivity index (χ1v) is 11.3. The fourth-order valence-corrected chi connectivity index (χ4v) is 4.19. The summed E-state index contributed by atoms with van der Waals surface area (Å²) in [4.78, 5) is 34.1. The molecule has 2 aromatic carbocycles. The molecule has 2 aromatic heterocycles. The Morgan fingerprint density at radius 1 is 1.21 bits per heavy atom. The van der Waals surface area contributed by atoms with Gasteiger partial charge in [0.2, 0.25) is 5.89 Å². The van der Waals surface area contributed by atoms with Gasteiger partial charge in [0, 0.05) is 12.1 Å². The van der Waals surface area contributed by atoms with Crippen molar-refractivity contribution in [2.24, 2.45) is 5.92 Å². The molecule has 0 aliphatic carbocycles. The lowest BCUT2D eigenvalue weighted by molar-refractivity contribution is 0.0601. The number of aromatic nitrogens is 3. The van der Waals surface area contributed by atoms with E-state index in [1.54, 1.807) is 41.1 Å². The second-order valence-electron chi connectivity index (χ2n) is 7.84. The number of nitrogens with zero attached hydrogens (tertiary/aromatic N) is 3. The summed E-state index contributed by atoms with van der Waals surface area (Å²) >= 11 is 1.32. The number of fused-ring (bicyclic) bond motifs is 1. The molecule has 2 heterocycles. The van der Waals surface area contributed by atoms with Crippen molar-refractivity contribution in [1.82, 2.24) is 14.5 Å². The molecule has 0 spiro atoms. The molecule has 33 heavy (non-hydrogen) atoms. The van der Waals surface area contributed by atoms with Gasteiger partial charge in [-0.3, -0.25) is 9.36 Å². The van der Waals surface area contributed by atoms with Gasteiger partial charge in [0.1, 0.15) is 5.82 Å². The van der Waals surface area contributed by atoms with Crippen molar-refractivity contribution in [2.45, 2.75) is 31.3 Å². The topological polar surface area (TPSA) is 87.2 Å². The predicted molar refractivity (Wildman–Crippen MR) is 124 cm³/mol. The Morgan fingerprint density at radius 2 is 1.97 bits per heavy atom. The molecule has 0 fully saturated rings. The van der Waals surface area contributed by atoms with E-state index in [0.29, 0.717) is 45.6 Å². The number of benzene rings is 2. The van der Waals surface area contributed by atoms with E-state index in [1.807, 2.05) is 13.8 Å². The Balaban J connectivity index is 1.66. The lowest BCUT2D eigenvalue weighted by Gasteiger charge is -2.14. The van der Waals surface area contributed by atoms with E-state index < -0.39 is 5.97 Å². The average Bonchev–Trinajstić information content (AvgIpc) is 3.28.